The third-order valence-electron chi connectivity index (χ3n) is 5.85. The first-order chi connectivity index (χ1) is 13.6. The van der Waals surface area contributed by atoms with Gasteiger partial charge in [-0.3, -0.25) is 5.41 Å². The van der Waals surface area contributed by atoms with Crippen LogP contribution in [0.5, 0.6) is 17.2 Å². The summed E-state index contributed by atoms with van der Waals surface area (Å²) in [5, 5.41) is 18.9. The van der Waals surface area contributed by atoms with E-state index in [9.17, 15) is 5.11 Å². The molecule has 0 aromatic heterocycles. The molecule has 30 heavy (non-hydrogen) atoms. The maximum absolute atomic E-state index is 10.3. The predicted octanol–water partition coefficient (Wildman–Crippen LogP) is 4.06. The van der Waals surface area contributed by atoms with E-state index < -0.39 is 0 Å². The molecule has 2 aromatic rings. The number of nitrogens with two attached hydrogens (primary N) is 2. The van der Waals surface area contributed by atoms with E-state index in [1.807, 2.05) is 32.9 Å². The highest BCUT2D eigenvalue weighted by atomic mass is 127. The number of anilines is 1. The summed E-state index contributed by atoms with van der Waals surface area (Å²) in [6.45, 7) is 8.45. The molecule has 1 atom stereocenters. The normalized spacial score (nSPS) is 17.4. The molecule has 1 unspecified atom stereocenters. The quantitative estimate of drug-likeness (QED) is 0.154. The molecule has 1 aliphatic heterocycles. The van der Waals surface area contributed by atoms with Gasteiger partial charge in [0.1, 0.15) is 22.8 Å². The van der Waals surface area contributed by atoms with E-state index in [0.717, 1.165) is 45.9 Å². The molecular weight excluding hydrogens is 495 g/mol. The number of aromatic hydroxyl groups is 1. The second-order valence-corrected chi connectivity index (χ2v) is 7.93. The van der Waals surface area contributed by atoms with Crippen LogP contribution in [0.3, 0.4) is 0 Å². The van der Waals surface area contributed by atoms with Crippen LogP contribution in [0.1, 0.15) is 42.0 Å². The number of fused-ring (bicyclic) bond motifs is 1. The first kappa shape index (κ1) is 24.1. The van der Waals surface area contributed by atoms with Gasteiger partial charge < -0.3 is 20.3 Å². The second-order valence-electron chi connectivity index (χ2n) is 7.93. The van der Waals surface area contributed by atoms with E-state index in [0.29, 0.717) is 30.2 Å². The van der Waals surface area contributed by atoms with E-state index >= 15 is 0 Å². The van der Waals surface area contributed by atoms with Crippen LogP contribution in [-0.4, -0.2) is 23.3 Å². The fourth-order valence-corrected chi connectivity index (χ4v) is 3.72. The predicted molar refractivity (Wildman–Crippen MR) is 130 cm³/mol. The molecule has 0 fully saturated rings. The van der Waals surface area contributed by atoms with Crippen molar-refractivity contribution in [1.29, 1.82) is 5.41 Å². The summed E-state index contributed by atoms with van der Waals surface area (Å²) in [5.41, 5.74) is 9.55. The minimum atomic E-state index is -0.343. The number of halogens is 1. The van der Waals surface area contributed by atoms with Gasteiger partial charge in [0.25, 0.3) is 0 Å². The van der Waals surface area contributed by atoms with Crippen LogP contribution in [0.25, 0.3) is 0 Å². The summed E-state index contributed by atoms with van der Waals surface area (Å²) >= 11 is 0. The van der Waals surface area contributed by atoms with Crippen LogP contribution >= 0.6 is 24.0 Å². The third kappa shape index (κ3) is 4.75. The van der Waals surface area contributed by atoms with Gasteiger partial charge in [-0.2, -0.15) is 0 Å². The SMILES string of the molecule is Cc1c(C)c2c(c(C)c1O)CCC(C)(CCOc1cccc(N(N)C(=N)N)c1)O2.I. The molecule has 0 saturated carbocycles. The molecule has 1 heterocycles. The minimum absolute atomic E-state index is 0. The van der Waals surface area contributed by atoms with Gasteiger partial charge in [-0.1, -0.05) is 6.07 Å². The molecular formula is C22H31IN4O3. The van der Waals surface area contributed by atoms with Crippen LogP contribution in [0.2, 0.25) is 0 Å². The van der Waals surface area contributed by atoms with Gasteiger partial charge in [-0.25, -0.2) is 10.9 Å². The van der Waals surface area contributed by atoms with Crippen molar-refractivity contribution in [3.05, 3.63) is 46.5 Å². The van der Waals surface area contributed by atoms with Crippen molar-refractivity contribution in [2.45, 2.75) is 52.6 Å². The number of ether oxygens (including phenoxy) is 2. The Labute approximate surface area is 194 Å². The number of nitrogens with zero attached hydrogens (tertiary/aromatic N) is 1. The van der Waals surface area contributed by atoms with Crippen molar-refractivity contribution >= 4 is 35.6 Å². The number of hydrogen-bond acceptors (Lipinski definition) is 5. The zero-order valence-corrected chi connectivity index (χ0v) is 20.2. The molecule has 0 radical (unpaired) electrons. The lowest BCUT2D eigenvalue weighted by Gasteiger charge is -2.38. The standard InChI is InChI=1S/C22H30N4O3.HI/c1-13-14(2)20-18(15(3)19(13)27)8-9-22(4,29-20)10-11-28-17-7-5-6-16(12-17)26(25)21(23)24;/h5-7,12,27H,8-11,25H2,1-4H3,(H3,23,24);1H. The summed E-state index contributed by atoms with van der Waals surface area (Å²) in [6.07, 6.45) is 2.43. The summed E-state index contributed by atoms with van der Waals surface area (Å²) < 4.78 is 12.4. The van der Waals surface area contributed by atoms with E-state index in [1.54, 1.807) is 12.1 Å². The van der Waals surface area contributed by atoms with Crippen molar-refractivity contribution in [3.8, 4) is 17.2 Å². The lowest BCUT2D eigenvalue weighted by atomic mass is 9.86. The molecule has 7 nitrogen and oxygen atoms in total. The molecule has 6 N–H and O–H groups in total. The van der Waals surface area contributed by atoms with E-state index in [2.05, 4.69) is 6.92 Å². The Morgan fingerprint density at radius 2 is 1.97 bits per heavy atom. The number of rotatable bonds is 5. The number of nitrogens with one attached hydrogen (secondary N) is 1. The van der Waals surface area contributed by atoms with Gasteiger partial charge >= 0.3 is 0 Å². The Balaban J connectivity index is 0.00000320. The average molecular weight is 526 g/mol. The molecule has 1 aliphatic rings. The number of hydrogen-bond donors (Lipinski definition) is 4. The number of hydrazine groups is 1. The van der Waals surface area contributed by atoms with Crippen molar-refractivity contribution in [3.63, 3.8) is 0 Å². The Morgan fingerprint density at radius 1 is 1.27 bits per heavy atom. The minimum Gasteiger partial charge on any atom is -0.507 e. The average Bonchev–Trinajstić information content (AvgIpc) is 2.70. The van der Waals surface area contributed by atoms with Gasteiger partial charge in [0.15, 0.2) is 0 Å². The number of phenols is 1. The maximum atomic E-state index is 10.3. The van der Waals surface area contributed by atoms with Crippen molar-refractivity contribution in [1.82, 2.24) is 0 Å². The summed E-state index contributed by atoms with van der Waals surface area (Å²) in [7, 11) is 0. The van der Waals surface area contributed by atoms with E-state index in [1.165, 1.54) is 0 Å². The third-order valence-corrected chi connectivity index (χ3v) is 5.85. The molecule has 0 bridgehead atoms. The first-order valence-electron chi connectivity index (χ1n) is 9.75. The molecule has 3 rings (SSSR count). The van der Waals surface area contributed by atoms with Gasteiger partial charge in [0.2, 0.25) is 5.96 Å². The number of benzene rings is 2. The molecule has 2 aromatic carbocycles. The Morgan fingerprint density at radius 3 is 2.63 bits per heavy atom. The lowest BCUT2D eigenvalue weighted by molar-refractivity contribution is 0.0412. The molecule has 8 heteroatoms. The lowest BCUT2D eigenvalue weighted by Crippen LogP contribution is -2.42. The van der Waals surface area contributed by atoms with Crippen LogP contribution in [0.4, 0.5) is 5.69 Å². The van der Waals surface area contributed by atoms with Gasteiger partial charge in [-0.15, -0.1) is 24.0 Å². The topological polar surface area (TPSA) is 118 Å². The van der Waals surface area contributed by atoms with E-state index in [-0.39, 0.29) is 35.5 Å². The maximum Gasteiger partial charge on any atom is 0.207 e. The largest absolute Gasteiger partial charge is 0.507 e. The summed E-state index contributed by atoms with van der Waals surface area (Å²) in [4.78, 5) is 0. The Bertz CT molecular complexity index is 950. The molecule has 0 amide bonds. The Kier molecular flexibility index (Phi) is 7.46. The Hall–Kier alpha value is -2.20. The molecule has 0 saturated heterocycles. The van der Waals surface area contributed by atoms with Gasteiger partial charge in [-0.05, 0) is 69.4 Å². The fraction of sp³-hybridized carbons (Fsp3) is 0.409. The summed E-state index contributed by atoms with van der Waals surface area (Å²) in [6, 6.07) is 7.17. The highest BCUT2D eigenvalue weighted by molar-refractivity contribution is 14.0. The van der Waals surface area contributed by atoms with Crippen LogP contribution in [-0.2, 0) is 6.42 Å². The van der Waals surface area contributed by atoms with Crippen LogP contribution in [0, 0.1) is 26.2 Å². The first-order valence-corrected chi connectivity index (χ1v) is 9.75. The molecule has 0 spiro atoms. The monoisotopic (exact) mass is 526 g/mol. The van der Waals surface area contributed by atoms with Crippen molar-refractivity contribution in [2.24, 2.45) is 11.6 Å². The highest BCUT2D eigenvalue weighted by Crippen LogP contribution is 2.44. The summed E-state index contributed by atoms with van der Waals surface area (Å²) in [5.74, 6) is 7.45. The number of guanidine groups is 1. The van der Waals surface area contributed by atoms with Crippen molar-refractivity contribution < 1.29 is 14.6 Å². The van der Waals surface area contributed by atoms with Gasteiger partial charge in [0.05, 0.1) is 12.3 Å². The van der Waals surface area contributed by atoms with Gasteiger partial charge in [0, 0.05) is 18.1 Å². The highest BCUT2D eigenvalue weighted by Gasteiger charge is 2.34. The zero-order valence-electron chi connectivity index (χ0n) is 17.9. The number of phenolic OH excluding ortho intramolecular Hbond substituents is 1. The van der Waals surface area contributed by atoms with Crippen molar-refractivity contribution in [2.75, 3.05) is 11.6 Å². The van der Waals surface area contributed by atoms with Crippen LogP contribution < -0.4 is 26.1 Å². The fourth-order valence-electron chi connectivity index (χ4n) is 3.72. The van der Waals surface area contributed by atoms with E-state index in [4.69, 9.17) is 26.5 Å². The second kappa shape index (κ2) is 9.30. The smallest absolute Gasteiger partial charge is 0.207 e. The molecule has 0 aliphatic carbocycles. The zero-order chi connectivity index (χ0) is 21.3. The molecule has 164 valence electrons. The van der Waals surface area contributed by atoms with Crippen LogP contribution in [0.15, 0.2) is 24.3 Å².